The SMILES string of the molecule is c1cc(-c2ccc3c(c2)CCN3)ccn1. The predicted molar refractivity (Wildman–Crippen MR) is 61.9 cm³/mol. The quantitative estimate of drug-likeness (QED) is 0.758. The van der Waals surface area contributed by atoms with Crippen LogP contribution >= 0.6 is 0 Å². The van der Waals surface area contributed by atoms with E-state index in [-0.39, 0.29) is 0 Å². The first kappa shape index (κ1) is 8.48. The van der Waals surface area contributed by atoms with Gasteiger partial charge in [0.2, 0.25) is 0 Å². The van der Waals surface area contributed by atoms with E-state index in [0.717, 1.165) is 13.0 Å². The van der Waals surface area contributed by atoms with E-state index >= 15 is 0 Å². The predicted octanol–water partition coefficient (Wildman–Crippen LogP) is 2.72. The molecule has 1 aliphatic heterocycles. The van der Waals surface area contributed by atoms with E-state index in [4.69, 9.17) is 0 Å². The normalized spacial score (nSPS) is 13.3. The molecule has 0 amide bonds. The summed E-state index contributed by atoms with van der Waals surface area (Å²) < 4.78 is 0. The molecule has 2 heteroatoms. The molecule has 0 fully saturated rings. The minimum Gasteiger partial charge on any atom is -0.384 e. The highest BCUT2D eigenvalue weighted by Gasteiger charge is 2.10. The van der Waals surface area contributed by atoms with E-state index < -0.39 is 0 Å². The molecule has 0 atom stereocenters. The molecule has 2 nitrogen and oxygen atoms in total. The second-order valence-electron chi connectivity index (χ2n) is 3.78. The van der Waals surface area contributed by atoms with Gasteiger partial charge >= 0.3 is 0 Å². The van der Waals surface area contributed by atoms with E-state index in [1.165, 1.54) is 22.4 Å². The number of rotatable bonds is 1. The van der Waals surface area contributed by atoms with Gasteiger partial charge in [-0.25, -0.2) is 0 Å². The highest BCUT2D eigenvalue weighted by atomic mass is 14.9. The number of aromatic nitrogens is 1. The Morgan fingerprint density at radius 1 is 1.00 bits per heavy atom. The van der Waals surface area contributed by atoms with Crippen LogP contribution in [0.2, 0.25) is 0 Å². The Hall–Kier alpha value is -1.83. The Kier molecular flexibility index (Phi) is 1.91. The number of benzene rings is 1. The lowest BCUT2D eigenvalue weighted by atomic mass is 10.0. The molecule has 15 heavy (non-hydrogen) atoms. The van der Waals surface area contributed by atoms with Crippen molar-refractivity contribution in [2.24, 2.45) is 0 Å². The Morgan fingerprint density at radius 3 is 2.73 bits per heavy atom. The Balaban J connectivity index is 2.07. The third-order valence-electron chi connectivity index (χ3n) is 2.83. The highest BCUT2D eigenvalue weighted by Crippen LogP contribution is 2.27. The van der Waals surface area contributed by atoms with Gasteiger partial charge in [-0.2, -0.15) is 0 Å². The van der Waals surface area contributed by atoms with Gasteiger partial charge in [0.1, 0.15) is 0 Å². The number of anilines is 1. The average molecular weight is 196 g/mol. The zero-order chi connectivity index (χ0) is 10.1. The number of nitrogens with zero attached hydrogens (tertiary/aromatic N) is 1. The minimum absolute atomic E-state index is 1.06. The third kappa shape index (κ3) is 1.48. The summed E-state index contributed by atoms with van der Waals surface area (Å²) in [5.74, 6) is 0. The highest BCUT2D eigenvalue weighted by molar-refractivity contribution is 5.69. The second kappa shape index (κ2) is 3.39. The Labute approximate surface area is 89.0 Å². The molecule has 0 aliphatic carbocycles. The summed E-state index contributed by atoms with van der Waals surface area (Å²) in [6, 6.07) is 10.7. The zero-order valence-corrected chi connectivity index (χ0v) is 8.40. The van der Waals surface area contributed by atoms with Gasteiger partial charge in [-0.05, 0) is 47.4 Å². The molecular formula is C13H12N2. The van der Waals surface area contributed by atoms with Crippen molar-refractivity contribution in [1.82, 2.24) is 4.98 Å². The van der Waals surface area contributed by atoms with Gasteiger partial charge in [-0.1, -0.05) is 6.07 Å². The van der Waals surface area contributed by atoms with Crippen LogP contribution in [0.3, 0.4) is 0 Å². The number of nitrogens with one attached hydrogen (secondary N) is 1. The van der Waals surface area contributed by atoms with Crippen LogP contribution in [0.5, 0.6) is 0 Å². The maximum absolute atomic E-state index is 4.03. The summed E-state index contributed by atoms with van der Waals surface area (Å²) in [6.07, 6.45) is 4.80. The smallest absolute Gasteiger partial charge is 0.0373 e. The first-order chi connectivity index (χ1) is 7.43. The Bertz CT molecular complexity index is 477. The first-order valence-electron chi connectivity index (χ1n) is 5.21. The van der Waals surface area contributed by atoms with Crippen LogP contribution in [0.15, 0.2) is 42.7 Å². The van der Waals surface area contributed by atoms with Gasteiger partial charge in [0.05, 0.1) is 0 Å². The number of hydrogen-bond acceptors (Lipinski definition) is 2. The van der Waals surface area contributed by atoms with Crippen molar-refractivity contribution in [1.29, 1.82) is 0 Å². The molecule has 0 saturated carbocycles. The molecule has 1 aromatic heterocycles. The van der Waals surface area contributed by atoms with Crippen LogP contribution in [0.25, 0.3) is 11.1 Å². The van der Waals surface area contributed by atoms with Gasteiger partial charge in [-0.15, -0.1) is 0 Å². The van der Waals surface area contributed by atoms with Crippen LogP contribution in [0.1, 0.15) is 5.56 Å². The van der Waals surface area contributed by atoms with E-state index in [1.54, 1.807) is 0 Å². The molecule has 1 N–H and O–H groups in total. The van der Waals surface area contributed by atoms with Gasteiger partial charge in [0.25, 0.3) is 0 Å². The van der Waals surface area contributed by atoms with Crippen molar-refractivity contribution in [2.45, 2.75) is 6.42 Å². The van der Waals surface area contributed by atoms with Gasteiger partial charge in [0, 0.05) is 24.6 Å². The molecule has 0 radical (unpaired) electrons. The lowest BCUT2D eigenvalue weighted by Gasteiger charge is -2.04. The molecule has 2 heterocycles. The molecule has 0 unspecified atom stereocenters. The Morgan fingerprint density at radius 2 is 1.87 bits per heavy atom. The van der Waals surface area contributed by atoms with Crippen molar-refractivity contribution in [3.8, 4) is 11.1 Å². The molecule has 1 aliphatic rings. The maximum Gasteiger partial charge on any atom is 0.0373 e. The van der Waals surface area contributed by atoms with E-state index in [2.05, 4.69) is 28.5 Å². The van der Waals surface area contributed by atoms with Crippen molar-refractivity contribution in [3.05, 3.63) is 48.3 Å². The fourth-order valence-electron chi connectivity index (χ4n) is 2.03. The summed E-state index contributed by atoms with van der Waals surface area (Å²) in [5, 5.41) is 3.37. The topological polar surface area (TPSA) is 24.9 Å². The number of hydrogen-bond donors (Lipinski definition) is 1. The monoisotopic (exact) mass is 196 g/mol. The van der Waals surface area contributed by atoms with Crippen LogP contribution in [0, 0.1) is 0 Å². The molecule has 0 bridgehead atoms. The minimum atomic E-state index is 1.06. The van der Waals surface area contributed by atoms with Crippen LogP contribution in [0.4, 0.5) is 5.69 Å². The van der Waals surface area contributed by atoms with Crippen LogP contribution in [-0.4, -0.2) is 11.5 Å². The van der Waals surface area contributed by atoms with Crippen LogP contribution < -0.4 is 5.32 Å². The van der Waals surface area contributed by atoms with Crippen molar-refractivity contribution >= 4 is 5.69 Å². The summed E-state index contributed by atoms with van der Waals surface area (Å²) in [5.41, 5.74) is 5.22. The fourth-order valence-corrected chi connectivity index (χ4v) is 2.03. The lowest BCUT2D eigenvalue weighted by molar-refractivity contribution is 1.11. The zero-order valence-electron chi connectivity index (χ0n) is 8.40. The van der Waals surface area contributed by atoms with E-state index in [0.29, 0.717) is 0 Å². The lowest BCUT2D eigenvalue weighted by Crippen LogP contribution is -1.90. The van der Waals surface area contributed by atoms with Gasteiger partial charge in [-0.3, -0.25) is 4.98 Å². The molecule has 1 aromatic carbocycles. The van der Waals surface area contributed by atoms with Crippen molar-refractivity contribution < 1.29 is 0 Å². The van der Waals surface area contributed by atoms with Crippen LogP contribution in [-0.2, 0) is 6.42 Å². The molecule has 74 valence electrons. The van der Waals surface area contributed by atoms with Crippen molar-refractivity contribution in [3.63, 3.8) is 0 Å². The largest absolute Gasteiger partial charge is 0.384 e. The third-order valence-corrected chi connectivity index (χ3v) is 2.83. The summed E-state index contributed by atoms with van der Waals surface area (Å²) >= 11 is 0. The van der Waals surface area contributed by atoms with Gasteiger partial charge in [0.15, 0.2) is 0 Å². The average Bonchev–Trinajstić information content (AvgIpc) is 2.77. The van der Waals surface area contributed by atoms with E-state index in [9.17, 15) is 0 Å². The summed E-state index contributed by atoms with van der Waals surface area (Å²) in [4.78, 5) is 4.03. The summed E-state index contributed by atoms with van der Waals surface area (Å²) in [6.45, 7) is 1.06. The summed E-state index contributed by atoms with van der Waals surface area (Å²) in [7, 11) is 0. The number of pyridine rings is 1. The molecule has 0 spiro atoms. The standard InChI is InChI=1S/C13H12N2/c1-2-13-12(5-8-15-13)9-11(1)10-3-6-14-7-4-10/h1-4,6-7,9,15H,5,8H2. The first-order valence-corrected chi connectivity index (χ1v) is 5.21. The maximum atomic E-state index is 4.03. The van der Waals surface area contributed by atoms with Crippen molar-refractivity contribution in [2.75, 3.05) is 11.9 Å². The van der Waals surface area contributed by atoms with E-state index in [1.807, 2.05) is 24.5 Å². The number of fused-ring (bicyclic) bond motifs is 1. The molecule has 2 aromatic rings. The van der Waals surface area contributed by atoms with Gasteiger partial charge < -0.3 is 5.32 Å². The molecular weight excluding hydrogens is 184 g/mol. The second-order valence-corrected chi connectivity index (χ2v) is 3.78. The molecule has 0 saturated heterocycles. The molecule has 3 rings (SSSR count). The fraction of sp³-hybridized carbons (Fsp3) is 0.154.